The molecule has 1 aliphatic carbocycles. The molecule has 0 unspecified atom stereocenters. The lowest BCUT2D eigenvalue weighted by Gasteiger charge is -2.09. The van der Waals surface area contributed by atoms with Gasteiger partial charge in [0.2, 0.25) is 0 Å². The Morgan fingerprint density at radius 2 is 2.00 bits per heavy atom. The Morgan fingerprint density at radius 1 is 1.21 bits per heavy atom. The van der Waals surface area contributed by atoms with E-state index in [-0.39, 0.29) is 0 Å². The van der Waals surface area contributed by atoms with Crippen LogP contribution < -0.4 is 10.6 Å². The van der Waals surface area contributed by atoms with Gasteiger partial charge < -0.3 is 10.6 Å². The van der Waals surface area contributed by atoms with Crippen molar-refractivity contribution < 1.29 is 0 Å². The molecule has 19 heavy (non-hydrogen) atoms. The molecule has 3 nitrogen and oxygen atoms in total. The first kappa shape index (κ1) is 14.5. The van der Waals surface area contributed by atoms with Gasteiger partial charge in [-0.1, -0.05) is 19.9 Å². The second kappa shape index (κ2) is 7.61. The predicted octanol–water partition coefficient (Wildman–Crippen LogP) is 2.65. The summed E-state index contributed by atoms with van der Waals surface area (Å²) in [5, 5.41) is 6.97. The number of hydrogen-bond donors (Lipinski definition) is 2. The molecule has 0 saturated heterocycles. The Morgan fingerprint density at radius 3 is 2.74 bits per heavy atom. The zero-order valence-electron chi connectivity index (χ0n) is 12.3. The molecule has 2 N–H and O–H groups in total. The number of nitrogens with zero attached hydrogens (tertiary/aromatic N) is 1. The zero-order chi connectivity index (χ0) is 13.5. The molecule has 2 rings (SSSR count). The first-order valence-corrected chi connectivity index (χ1v) is 7.65. The van der Waals surface area contributed by atoms with Crippen molar-refractivity contribution >= 4 is 0 Å². The Hall–Kier alpha value is -0.930. The molecule has 3 heteroatoms. The van der Waals surface area contributed by atoms with E-state index in [1.54, 1.807) is 0 Å². The highest BCUT2D eigenvalue weighted by atomic mass is 14.9. The van der Waals surface area contributed by atoms with Crippen LogP contribution in [0, 0.1) is 0 Å². The van der Waals surface area contributed by atoms with Crippen molar-refractivity contribution in [1.82, 2.24) is 15.6 Å². The summed E-state index contributed by atoms with van der Waals surface area (Å²) in [5.74, 6) is 0. The fraction of sp³-hybridized carbons (Fsp3) is 0.688. The molecule has 0 radical (unpaired) electrons. The summed E-state index contributed by atoms with van der Waals surface area (Å²) in [6.07, 6.45) is 6.35. The smallest absolute Gasteiger partial charge is 0.0545 e. The van der Waals surface area contributed by atoms with Gasteiger partial charge in [-0.25, -0.2) is 0 Å². The van der Waals surface area contributed by atoms with Crippen molar-refractivity contribution in [3.05, 3.63) is 29.6 Å². The SMILES string of the molecule is CC(C)NCc1cccc(CCCCNC2CC2)n1. The highest BCUT2D eigenvalue weighted by molar-refractivity contribution is 5.11. The molecule has 0 spiro atoms. The first-order chi connectivity index (χ1) is 9.24. The van der Waals surface area contributed by atoms with E-state index < -0.39 is 0 Å². The molecular formula is C16H27N3. The Balaban J connectivity index is 1.65. The molecular weight excluding hydrogens is 234 g/mol. The van der Waals surface area contributed by atoms with Crippen LogP contribution in [0.2, 0.25) is 0 Å². The first-order valence-electron chi connectivity index (χ1n) is 7.65. The molecule has 1 saturated carbocycles. The maximum absolute atomic E-state index is 4.71. The van der Waals surface area contributed by atoms with Gasteiger partial charge in [-0.05, 0) is 50.8 Å². The van der Waals surface area contributed by atoms with Gasteiger partial charge in [0.1, 0.15) is 0 Å². The second-order valence-electron chi connectivity index (χ2n) is 5.84. The van der Waals surface area contributed by atoms with Crippen molar-refractivity contribution in [2.24, 2.45) is 0 Å². The van der Waals surface area contributed by atoms with Crippen molar-refractivity contribution in [3.63, 3.8) is 0 Å². The lowest BCUT2D eigenvalue weighted by atomic mass is 10.1. The molecule has 106 valence electrons. The standard InChI is InChI=1S/C16H27N3/c1-13(2)18-12-16-8-5-7-15(19-16)6-3-4-11-17-14-9-10-14/h5,7-8,13-14,17-18H,3-4,6,9-12H2,1-2H3. The van der Waals surface area contributed by atoms with Crippen LogP contribution in [0.3, 0.4) is 0 Å². The van der Waals surface area contributed by atoms with E-state index in [0.717, 1.165) is 24.7 Å². The molecule has 0 aromatic carbocycles. The monoisotopic (exact) mass is 261 g/mol. The summed E-state index contributed by atoms with van der Waals surface area (Å²) in [6, 6.07) is 7.73. The maximum Gasteiger partial charge on any atom is 0.0545 e. The number of nitrogens with one attached hydrogen (secondary N) is 2. The van der Waals surface area contributed by atoms with E-state index in [9.17, 15) is 0 Å². The van der Waals surface area contributed by atoms with Crippen LogP contribution >= 0.6 is 0 Å². The van der Waals surface area contributed by atoms with Gasteiger partial charge >= 0.3 is 0 Å². The fourth-order valence-corrected chi connectivity index (χ4v) is 2.10. The summed E-state index contributed by atoms with van der Waals surface area (Å²) >= 11 is 0. The van der Waals surface area contributed by atoms with Crippen molar-refractivity contribution in [3.8, 4) is 0 Å². The lowest BCUT2D eigenvalue weighted by molar-refractivity contribution is 0.578. The molecule has 1 aromatic rings. The van der Waals surface area contributed by atoms with Crippen LogP contribution in [0.5, 0.6) is 0 Å². The van der Waals surface area contributed by atoms with Crippen LogP contribution in [0.1, 0.15) is 50.9 Å². The molecule has 0 aliphatic heterocycles. The number of aryl methyl sites for hydroxylation is 1. The average Bonchev–Trinajstić information content (AvgIpc) is 3.21. The number of rotatable bonds is 9. The molecule has 0 bridgehead atoms. The van der Waals surface area contributed by atoms with E-state index in [2.05, 4.69) is 42.7 Å². The Bertz CT molecular complexity index is 372. The van der Waals surface area contributed by atoms with E-state index in [1.807, 2.05) is 0 Å². The van der Waals surface area contributed by atoms with Crippen molar-refractivity contribution in [2.75, 3.05) is 6.54 Å². The van der Waals surface area contributed by atoms with Crippen LogP contribution in [-0.4, -0.2) is 23.6 Å². The number of pyridine rings is 1. The van der Waals surface area contributed by atoms with Crippen LogP contribution in [0.25, 0.3) is 0 Å². The fourth-order valence-electron chi connectivity index (χ4n) is 2.10. The predicted molar refractivity (Wildman–Crippen MR) is 80.2 cm³/mol. The van der Waals surface area contributed by atoms with E-state index in [4.69, 9.17) is 4.98 Å². The third-order valence-corrected chi connectivity index (χ3v) is 3.43. The zero-order valence-corrected chi connectivity index (χ0v) is 12.3. The quantitative estimate of drug-likeness (QED) is 0.671. The molecule has 1 heterocycles. The van der Waals surface area contributed by atoms with Crippen molar-refractivity contribution in [2.45, 2.75) is 64.6 Å². The van der Waals surface area contributed by atoms with Gasteiger partial charge in [-0.2, -0.15) is 0 Å². The summed E-state index contributed by atoms with van der Waals surface area (Å²) in [7, 11) is 0. The maximum atomic E-state index is 4.71. The minimum atomic E-state index is 0.513. The van der Waals surface area contributed by atoms with Gasteiger partial charge in [0.25, 0.3) is 0 Å². The third kappa shape index (κ3) is 6.17. The molecule has 1 aliphatic rings. The van der Waals surface area contributed by atoms with Gasteiger partial charge in [-0.15, -0.1) is 0 Å². The molecule has 0 amide bonds. The summed E-state index contributed by atoms with van der Waals surface area (Å²) in [4.78, 5) is 4.71. The van der Waals surface area contributed by atoms with Gasteiger partial charge in [0.05, 0.1) is 5.69 Å². The summed E-state index contributed by atoms with van der Waals surface area (Å²) in [5.41, 5.74) is 2.39. The molecule has 0 atom stereocenters. The topological polar surface area (TPSA) is 37.0 Å². The van der Waals surface area contributed by atoms with Crippen LogP contribution in [-0.2, 0) is 13.0 Å². The Kier molecular flexibility index (Phi) is 5.80. The highest BCUT2D eigenvalue weighted by Gasteiger charge is 2.19. The van der Waals surface area contributed by atoms with Crippen LogP contribution in [0.15, 0.2) is 18.2 Å². The number of aromatic nitrogens is 1. The van der Waals surface area contributed by atoms with Gasteiger partial charge in [-0.3, -0.25) is 4.98 Å². The van der Waals surface area contributed by atoms with E-state index in [1.165, 1.54) is 37.9 Å². The van der Waals surface area contributed by atoms with Gasteiger partial charge in [0.15, 0.2) is 0 Å². The minimum absolute atomic E-state index is 0.513. The average molecular weight is 261 g/mol. The molecule has 1 aromatic heterocycles. The lowest BCUT2D eigenvalue weighted by Crippen LogP contribution is -2.22. The largest absolute Gasteiger partial charge is 0.314 e. The Labute approximate surface area is 117 Å². The molecule has 1 fully saturated rings. The van der Waals surface area contributed by atoms with Gasteiger partial charge in [0, 0.05) is 24.3 Å². The van der Waals surface area contributed by atoms with Crippen molar-refractivity contribution in [1.29, 1.82) is 0 Å². The van der Waals surface area contributed by atoms with E-state index in [0.29, 0.717) is 6.04 Å². The number of hydrogen-bond acceptors (Lipinski definition) is 3. The van der Waals surface area contributed by atoms with Crippen LogP contribution in [0.4, 0.5) is 0 Å². The number of unbranched alkanes of at least 4 members (excludes halogenated alkanes) is 1. The second-order valence-corrected chi connectivity index (χ2v) is 5.84. The van der Waals surface area contributed by atoms with E-state index >= 15 is 0 Å². The highest BCUT2D eigenvalue weighted by Crippen LogP contribution is 2.18. The third-order valence-electron chi connectivity index (χ3n) is 3.43. The minimum Gasteiger partial charge on any atom is -0.314 e. The summed E-state index contributed by atoms with van der Waals surface area (Å²) in [6.45, 7) is 6.36. The summed E-state index contributed by atoms with van der Waals surface area (Å²) < 4.78 is 0. The normalized spacial score (nSPS) is 15.1.